The molecule has 6 nitrogen and oxygen atoms in total. The molecule has 0 saturated heterocycles. The van der Waals surface area contributed by atoms with Crippen molar-refractivity contribution >= 4 is 23.2 Å². The van der Waals surface area contributed by atoms with E-state index < -0.39 is 0 Å². The van der Waals surface area contributed by atoms with Crippen molar-refractivity contribution in [1.82, 2.24) is 5.32 Å². The first-order valence-corrected chi connectivity index (χ1v) is 5.97. The molecule has 0 fully saturated rings. The first kappa shape index (κ1) is 15.0. The molecule has 0 heterocycles. The highest BCUT2D eigenvalue weighted by Crippen LogP contribution is 2.27. The van der Waals surface area contributed by atoms with Crippen LogP contribution in [0.2, 0.25) is 0 Å². The van der Waals surface area contributed by atoms with Gasteiger partial charge in [-0.3, -0.25) is 9.59 Å². The minimum atomic E-state index is -0.169. The minimum absolute atomic E-state index is 0.118. The molecule has 0 saturated carbocycles. The van der Waals surface area contributed by atoms with Gasteiger partial charge in [0.25, 0.3) is 0 Å². The Balaban J connectivity index is 2.83. The number of anilines is 2. The van der Waals surface area contributed by atoms with Crippen LogP contribution in [0.3, 0.4) is 0 Å². The van der Waals surface area contributed by atoms with Crippen LogP contribution in [0.5, 0.6) is 5.75 Å². The minimum Gasteiger partial charge on any atom is -0.495 e. The summed E-state index contributed by atoms with van der Waals surface area (Å²) >= 11 is 0. The Bertz CT molecular complexity index is 460. The number of ether oxygens (including phenoxy) is 1. The van der Waals surface area contributed by atoms with Crippen LogP contribution in [0.4, 0.5) is 11.4 Å². The molecule has 2 amide bonds. The molecule has 0 aliphatic heterocycles. The van der Waals surface area contributed by atoms with Crippen molar-refractivity contribution in [3.8, 4) is 5.75 Å². The van der Waals surface area contributed by atoms with Gasteiger partial charge in [-0.2, -0.15) is 0 Å². The number of amides is 2. The molecule has 6 heteroatoms. The number of benzene rings is 1. The molecule has 104 valence electrons. The molecule has 1 aromatic rings. The highest BCUT2D eigenvalue weighted by Gasteiger charge is 2.08. The lowest BCUT2D eigenvalue weighted by Crippen LogP contribution is -2.19. The largest absolute Gasteiger partial charge is 0.495 e. The Morgan fingerprint density at radius 3 is 2.58 bits per heavy atom. The van der Waals surface area contributed by atoms with E-state index in [2.05, 4.69) is 16.0 Å². The van der Waals surface area contributed by atoms with Crippen molar-refractivity contribution in [3.63, 3.8) is 0 Å². The van der Waals surface area contributed by atoms with E-state index in [1.165, 1.54) is 14.0 Å². The molecule has 0 aliphatic carbocycles. The zero-order valence-corrected chi connectivity index (χ0v) is 11.4. The molecular formula is C13H19N3O3. The molecule has 0 unspecified atom stereocenters. The van der Waals surface area contributed by atoms with Gasteiger partial charge in [0.2, 0.25) is 11.8 Å². The lowest BCUT2D eigenvalue weighted by atomic mass is 10.2. The van der Waals surface area contributed by atoms with Crippen LogP contribution in [0, 0.1) is 0 Å². The smallest absolute Gasteiger partial charge is 0.225 e. The number of rotatable bonds is 6. The van der Waals surface area contributed by atoms with E-state index in [9.17, 15) is 9.59 Å². The van der Waals surface area contributed by atoms with Gasteiger partial charge in [-0.1, -0.05) is 0 Å². The van der Waals surface area contributed by atoms with E-state index in [-0.39, 0.29) is 11.8 Å². The van der Waals surface area contributed by atoms with E-state index in [0.717, 1.165) is 0 Å². The van der Waals surface area contributed by atoms with Crippen LogP contribution in [0.15, 0.2) is 18.2 Å². The van der Waals surface area contributed by atoms with Gasteiger partial charge >= 0.3 is 0 Å². The van der Waals surface area contributed by atoms with Gasteiger partial charge in [-0.05, 0) is 25.2 Å². The highest BCUT2D eigenvalue weighted by molar-refractivity contribution is 5.95. The van der Waals surface area contributed by atoms with E-state index >= 15 is 0 Å². The van der Waals surface area contributed by atoms with Crippen molar-refractivity contribution in [2.45, 2.75) is 13.3 Å². The van der Waals surface area contributed by atoms with Crippen molar-refractivity contribution in [1.29, 1.82) is 0 Å². The SMILES string of the molecule is CNCCC(=O)Nc1cc(NC(C)=O)ccc1OC. The lowest BCUT2D eigenvalue weighted by molar-refractivity contribution is -0.116. The molecule has 0 atom stereocenters. The predicted molar refractivity (Wildman–Crippen MR) is 74.5 cm³/mol. The van der Waals surface area contributed by atoms with Crippen LogP contribution in [-0.2, 0) is 9.59 Å². The second-order valence-corrected chi connectivity index (χ2v) is 4.00. The summed E-state index contributed by atoms with van der Waals surface area (Å²) in [6, 6.07) is 5.07. The molecule has 0 bridgehead atoms. The second kappa shape index (κ2) is 7.38. The maximum absolute atomic E-state index is 11.7. The van der Waals surface area contributed by atoms with Gasteiger partial charge in [0, 0.05) is 25.6 Å². The van der Waals surface area contributed by atoms with Crippen LogP contribution in [0.1, 0.15) is 13.3 Å². The summed E-state index contributed by atoms with van der Waals surface area (Å²) in [6.07, 6.45) is 0.365. The van der Waals surface area contributed by atoms with Gasteiger partial charge < -0.3 is 20.7 Å². The van der Waals surface area contributed by atoms with Crippen molar-refractivity contribution in [3.05, 3.63) is 18.2 Å². The van der Waals surface area contributed by atoms with Gasteiger partial charge in [0.1, 0.15) is 5.75 Å². The summed E-state index contributed by atoms with van der Waals surface area (Å²) in [5.74, 6) is 0.261. The van der Waals surface area contributed by atoms with Gasteiger partial charge in [0.15, 0.2) is 0 Å². The summed E-state index contributed by atoms with van der Waals surface area (Å²) in [5.41, 5.74) is 1.15. The summed E-state index contributed by atoms with van der Waals surface area (Å²) in [6.45, 7) is 2.02. The van der Waals surface area contributed by atoms with Crippen LogP contribution in [-0.4, -0.2) is 32.5 Å². The Hall–Kier alpha value is -2.08. The molecule has 0 radical (unpaired) electrons. The van der Waals surface area contributed by atoms with Crippen LogP contribution in [0.25, 0.3) is 0 Å². The standard InChI is InChI=1S/C13H19N3O3/c1-9(17)15-10-4-5-12(19-3)11(8-10)16-13(18)6-7-14-2/h4-5,8,14H,6-7H2,1-3H3,(H,15,17)(H,16,18). The van der Waals surface area contributed by atoms with Gasteiger partial charge in [-0.15, -0.1) is 0 Å². The molecule has 0 aliphatic rings. The quantitative estimate of drug-likeness (QED) is 0.722. The topological polar surface area (TPSA) is 79.5 Å². The monoisotopic (exact) mass is 265 g/mol. The number of methoxy groups -OCH3 is 1. The normalized spacial score (nSPS) is 9.84. The van der Waals surface area contributed by atoms with Crippen molar-refractivity contribution < 1.29 is 14.3 Å². The first-order chi connectivity index (χ1) is 9.06. The van der Waals surface area contributed by atoms with Crippen molar-refractivity contribution in [2.24, 2.45) is 0 Å². The molecule has 0 spiro atoms. The Morgan fingerprint density at radius 2 is 2.00 bits per heavy atom. The van der Waals surface area contributed by atoms with Gasteiger partial charge in [0.05, 0.1) is 12.8 Å². The number of carbonyl (C=O) groups excluding carboxylic acids is 2. The van der Waals surface area contributed by atoms with E-state index in [1.807, 2.05) is 0 Å². The third-order valence-electron chi connectivity index (χ3n) is 2.40. The molecule has 0 aromatic heterocycles. The third kappa shape index (κ3) is 4.97. The average Bonchev–Trinajstić information content (AvgIpc) is 2.36. The molecule has 1 rings (SSSR count). The maximum atomic E-state index is 11.7. The maximum Gasteiger partial charge on any atom is 0.225 e. The molecule has 3 N–H and O–H groups in total. The van der Waals surface area contributed by atoms with Crippen LogP contribution < -0.4 is 20.7 Å². The van der Waals surface area contributed by atoms with E-state index in [1.54, 1.807) is 25.2 Å². The Labute approximate surface area is 112 Å². The third-order valence-corrected chi connectivity index (χ3v) is 2.40. The zero-order valence-electron chi connectivity index (χ0n) is 11.4. The Morgan fingerprint density at radius 1 is 1.26 bits per heavy atom. The number of carbonyl (C=O) groups is 2. The first-order valence-electron chi connectivity index (χ1n) is 5.97. The number of hydrogen-bond donors (Lipinski definition) is 3. The molecule has 19 heavy (non-hydrogen) atoms. The highest BCUT2D eigenvalue weighted by atomic mass is 16.5. The van der Waals surface area contributed by atoms with Crippen LogP contribution >= 0.6 is 0 Å². The van der Waals surface area contributed by atoms with Gasteiger partial charge in [-0.25, -0.2) is 0 Å². The summed E-state index contributed by atoms with van der Waals surface area (Å²) in [5, 5.41) is 8.31. The van der Waals surface area contributed by atoms with Crippen molar-refractivity contribution in [2.75, 3.05) is 31.3 Å². The van der Waals surface area contributed by atoms with E-state index in [4.69, 9.17) is 4.74 Å². The molecular weight excluding hydrogens is 246 g/mol. The number of hydrogen-bond acceptors (Lipinski definition) is 4. The summed E-state index contributed by atoms with van der Waals surface area (Å²) < 4.78 is 5.17. The second-order valence-electron chi connectivity index (χ2n) is 4.00. The predicted octanol–water partition coefficient (Wildman–Crippen LogP) is 1.20. The number of nitrogens with one attached hydrogen (secondary N) is 3. The molecule has 1 aromatic carbocycles. The lowest BCUT2D eigenvalue weighted by Gasteiger charge is -2.12. The summed E-state index contributed by atoms with van der Waals surface area (Å²) in [4.78, 5) is 22.7. The zero-order chi connectivity index (χ0) is 14.3. The fourth-order valence-corrected chi connectivity index (χ4v) is 1.54. The average molecular weight is 265 g/mol. The fourth-order valence-electron chi connectivity index (χ4n) is 1.54. The Kier molecular flexibility index (Phi) is 5.81. The van der Waals surface area contributed by atoms with E-state index in [0.29, 0.717) is 30.1 Å². The summed E-state index contributed by atoms with van der Waals surface area (Å²) in [7, 11) is 3.31. The fraction of sp³-hybridized carbons (Fsp3) is 0.385.